The molecule has 5 aromatic carbocycles. The fraction of sp³-hybridized carbons (Fsp3) is 0.171. The van der Waals surface area contributed by atoms with Crippen LogP contribution in [0.5, 0.6) is 0 Å². The Morgan fingerprint density at radius 2 is 1.32 bits per heavy atom. The van der Waals surface area contributed by atoms with Crippen LogP contribution in [0.1, 0.15) is 37.5 Å². The van der Waals surface area contributed by atoms with Crippen LogP contribution in [0.25, 0.3) is 66.0 Å². The quantitative estimate of drug-likeness (QED) is 0.224. The molecule has 0 radical (unpaired) electrons. The molecular formula is C35H29N3. The highest BCUT2D eigenvalue weighted by Gasteiger charge is 2.23. The van der Waals surface area contributed by atoms with Crippen molar-refractivity contribution in [1.29, 1.82) is 0 Å². The van der Waals surface area contributed by atoms with Gasteiger partial charge in [0.1, 0.15) is 0 Å². The van der Waals surface area contributed by atoms with Crippen LogP contribution in [-0.2, 0) is 5.41 Å². The number of benzene rings is 5. The summed E-state index contributed by atoms with van der Waals surface area (Å²) in [4.78, 5) is 5.14. The summed E-state index contributed by atoms with van der Waals surface area (Å²) in [6.45, 7) is 11.4. The Kier molecular flexibility index (Phi) is 4.07. The molecule has 0 N–H and O–H groups in total. The smallest absolute Gasteiger partial charge is 0.220 e. The Labute approximate surface area is 221 Å². The summed E-state index contributed by atoms with van der Waals surface area (Å²) in [5.41, 5.74) is 12.6. The fourth-order valence-corrected chi connectivity index (χ4v) is 6.58. The summed E-state index contributed by atoms with van der Waals surface area (Å²) >= 11 is 0. The van der Waals surface area contributed by atoms with Crippen LogP contribution in [0.3, 0.4) is 0 Å². The van der Waals surface area contributed by atoms with E-state index in [0.717, 1.165) is 16.8 Å². The molecular weight excluding hydrogens is 462 g/mol. The number of imidazole rings is 2. The standard InChI is InChI=1S/C35H29N3/c1-20-14-25(35(3,4)5)15-21(2)32(20)24-17-27-26-16-22-10-6-7-11-23(22)18-30(26)38-33(27)31(19-24)37-29-13-9-8-12-28(29)36-34(37)38/h6-19H,1-5H3. The van der Waals surface area contributed by atoms with Crippen molar-refractivity contribution in [3.05, 3.63) is 102 Å². The normalized spacial score (nSPS) is 12.9. The highest BCUT2D eigenvalue weighted by Crippen LogP contribution is 2.42. The highest BCUT2D eigenvalue weighted by atomic mass is 15.2. The molecule has 0 saturated heterocycles. The summed E-state index contributed by atoms with van der Waals surface area (Å²) in [7, 11) is 0. The Bertz CT molecular complexity index is 2210. The Morgan fingerprint density at radius 3 is 2.05 bits per heavy atom. The second-order valence-electron chi connectivity index (χ2n) is 11.9. The van der Waals surface area contributed by atoms with E-state index in [2.05, 4.69) is 128 Å². The molecule has 8 rings (SSSR count). The minimum atomic E-state index is 0.116. The number of fused-ring (bicyclic) bond motifs is 9. The van der Waals surface area contributed by atoms with E-state index < -0.39 is 0 Å². The van der Waals surface area contributed by atoms with Gasteiger partial charge in [-0.2, -0.15) is 0 Å². The van der Waals surface area contributed by atoms with Gasteiger partial charge in [0.15, 0.2) is 0 Å². The third-order valence-electron chi connectivity index (χ3n) is 8.38. The van der Waals surface area contributed by atoms with Crippen molar-refractivity contribution in [2.45, 2.75) is 40.0 Å². The predicted molar refractivity (Wildman–Crippen MR) is 161 cm³/mol. The van der Waals surface area contributed by atoms with Crippen LogP contribution in [0, 0.1) is 13.8 Å². The molecule has 0 unspecified atom stereocenters. The number of nitrogens with zero attached hydrogens (tertiary/aromatic N) is 3. The fourth-order valence-electron chi connectivity index (χ4n) is 6.58. The summed E-state index contributed by atoms with van der Waals surface area (Å²) in [6, 6.07) is 31.4. The van der Waals surface area contributed by atoms with Crippen LogP contribution >= 0.6 is 0 Å². The second kappa shape index (κ2) is 7.14. The first-order valence-corrected chi connectivity index (χ1v) is 13.4. The average Bonchev–Trinajstić information content (AvgIpc) is 3.51. The van der Waals surface area contributed by atoms with Crippen molar-refractivity contribution in [3.63, 3.8) is 0 Å². The van der Waals surface area contributed by atoms with Gasteiger partial charge in [0.25, 0.3) is 0 Å². The lowest BCUT2D eigenvalue weighted by Crippen LogP contribution is -2.12. The van der Waals surface area contributed by atoms with E-state index in [0.29, 0.717) is 0 Å². The molecule has 3 heterocycles. The number of aryl methyl sites for hydroxylation is 2. The lowest BCUT2D eigenvalue weighted by molar-refractivity contribution is 0.589. The minimum absolute atomic E-state index is 0.116. The Hall–Kier alpha value is -4.37. The lowest BCUT2D eigenvalue weighted by atomic mass is 9.82. The van der Waals surface area contributed by atoms with Crippen molar-refractivity contribution in [3.8, 4) is 11.1 Å². The summed E-state index contributed by atoms with van der Waals surface area (Å²) in [6.07, 6.45) is 0. The van der Waals surface area contributed by atoms with Gasteiger partial charge in [-0.3, -0.25) is 8.80 Å². The van der Waals surface area contributed by atoms with Gasteiger partial charge in [0.2, 0.25) is 5.78 Å². The van der Waals surface area contributed by atoms with E-state index in [1.54, 1.807) is 0 Å². The molecule has 0 amide bonds. The SMILES string of the molecule is Cc1cc(C(C)(C)C)cc(C)c1-c1cc2c3cc4ccccc4cc3n3c2c(c1)n1c2ccccc2nc13. The number of hydrogen-bond acceptors (Lipinski definition) is 1. The molecule has 38 heavy (non-hydrogen) atoms. The van der Waals surface area contributed by atoms with Crippen molar-refractivity contribution in [1.82, 2.24) is 13.8 Å². The van der Waals surface area contributed by atoms with Crippen LogP contribution in [0.4, 0.5) is 0 Å². The monoisotopic (exact) mass is 491 g/mol. The molecule has 0 bridgehead atoms. The average molecular weight is 492 g/mol. The zero-order valence-corrected chi connectivity index (χ0v) is 22.4. The van der Waals surface area contributed by atoms with Crippen molar-refractivity contribution >= 4 is 54.9 Å². The van der Waals surface area contributed by atoms with Gasteiger partial charge >= 0.3 is 0 Å². The Balaban J connectivity index is 1.58. The van der Waals surface area contributed by atoms with E-state index in [9.17, 15) is 0 Å². The molecule has 0 atom stereocenters. The van der Waals surface area contributed by atoms with Gasteiger partial charge in [0.05, 0.1) is 27.6 Å². The molecule has 0 aliphatic carbocycles. The number of aromatic nitrogens is 3. The van der Waals surface area contributed by atoms with Gasteiger partial charge in [-0.15, -0.1) is 0 Å². The van der Waals surface area contributed by atoms with E-state index in [1.165, 1.54) is 65.9 Å². The summed E-state index contributed by atoms with van der Waals surface area (Å²) < 4.78 is 4.72. The Morgan fingerprint density at radius 1 is 0.632 bits per heavy atom. The zero-order valence-electron chi connectivity index (χ0n) is 22.4. The number of rotatable bonds is 1. The van der Waals surface area contributed by atoms with Gasteiger partial charge in [-0.05, 0) is 94.3 Å². The van der Waals surface area contributed by atoms with E-state index in [4.69, 9.17) is 4.98 Å². The van der Waals surface area contributed by atoms with Gasteiger partial charge in [0, 0.05) is 10.8 Å². The first-order chi connectivity index (χ1) is 18.3. The highest BCUT2D eigenvalue weighted by molar-refractivity contribution is 6.19. The number of para-hydroxylation sites is 2. The molecule has 0 aliphatic heterocycles. The zero-order chi connectivity index (χ0) is 25.9. The molecule has 3 heteroatoms. The van der Waals surface area contributed by atoms with E-state index in [1.807, 2.05) is 0 Å². The van der Waals surface area contributed by atoms with Gasteiger partial charge < -0.3 is 0 Å². The third-order valence-corrected chi connectivity index (χ3v) is 8.38. The molecule has 0 fully saturated rings. The minimum Gasteiger partial charge on any atom is -0.277 e. The lowest BCUT2D eigenvalue weighted by Gasteiger charge is -2.22. The van der Waals surface area contributed by atoms with E-state index >= 15 is 0 Å². The molecule has 0 spiro atoms. The summed E-state index contributed by atoms with van der Waals surface area (Å²) in [5, 5.41) is 5.08. The first-order valence-electron chi connectivity index (χ1n) is 13.4. The predicted octanol–water partition coefficient (Wildman–Crippen LogP) is 9.22. The molecule has 184 valence electrons. The van der Waals surface area contributed by atoms with Crippen LogP contribution in [-0.4, -0.2) is 13.8 Å². The van der Waals surface area contributed by atoms with Crippen LogP contribution in [0.15, 0.2) is 84.9 Å². The first kappa shape index (κ1) is 21.7. The topological polar surface area (TPSA) is 21.7 Å². The molecule has 3 nitrogen and oxygen atoms in total. The maximum atomic E-state index is 5.14. The summed E-state index contributed by atoms with van der Waals surface area (Å²) in [5.74, 6) is 0.977. The maximum absolute atomic E-state index is 5.14. The molecule has 3 aromatic heterocycles. The molecule has 0 saturated carbocycles. The third kappa shape index (κ3) is 2.76. The van der Waals surface area contributed by atoms with Gasteiger partial charge in [-0.25, -0.2) is 4.98 Å². The van der Waals surface area contributed by atoms with Crippen molar-refractivity contribution in [2.75, 3.05) is 0 Å². The van der Waals surface area contributed by atoms with Crippen molar-refractivity contribution < 1.29 is 0 Å². The molecule has 0 aliphatic rings. The van der Waals surface area contributed by atoms with Crippen molar-refractivity contribution in [2.24, 2.45) is 0 Å². The molecule has 8 aromatic rings. The van der Waals surface area contributed by atoms with E-state index in [-0.39, 0.29) is 5.41 Å². The number of hydrogen-bond donors (Lipinski definition) is 0. The van der Waals surface area contributed by atoms with Crippen LogP contribution < -0.4 is 0 Å². The second-order valence-corrected chi connectivity index (χ2v) is 11.9. The van der Waals surface area contributed by atoms with Crippen LogP contribution in [0.2, 0.25) is 0 Å². The van der Waals surface area contributed by atoms with Gasteiger partial charge in [-0.1, -0.05) is 69.3 Å². The largest absolute Gasteiger partial charge is 0.277 e. The maximum Gasteiger partial charge on any atom is 0.220 e.